The summed E-state index contributed by atoms with van der Waals surface area (Å²) in [5.41, 5.74) is 0.344. The molecule has 1 atom stereocenters. The van der Waals surface area contributed by atoms with E-state index in [1.165, 1.54) is 0 Å². The average molecular weight is 478 g/mol. The molecule has 1 unspecified atom stereocenters. The summed E-state index contributed by atoms with van der Waals surface area (Å²) in [6.45, 7) is 4.71. The van der Waals surface area contributed by atoms with E-state index in [1.807, 2.05) is 18.2 Å². The summed E-state index contributed by atoms with van der Waals surface area (Å²) >= 11 is 3.29. The number of carbonyl (C=O) groups excluding carboxylic acids is 3. The Morgan fingerprint density at radius 3 is 2.20 bits per heavy atom. The van der Waals surface area contributed by atoms with E-state index in [2.05, 4.69) is 21.2 Å². The Hall–Kier alpha value is -2.87. The molecular formula is C22H24BrNO6. The highest BCUT2D eigenvalue weighted by Crippen LogP contribution is 2.12. The van der Waals surface area contributed by atoms with Crippen LogP contribution in [0, 0.1) is 0 Å². The van der Waals surface area contributed by atoms with Gasteiger partial charge in [0.2, 0.25) is 0 Å². The van der Waals surface area contributed by atoms with Crippen molar-refractivity contribution in [2.75, 3.05) is 6.61 Å². The lowest BCUT2D eigenvalue weighted by Gasteiger charge is -2.23. The van der Waals surface area contributed by atoms with Crippen molar-refractivity contribution in [3.63, 3.8) is 0 Å². The Bertz CT molecular complexity index is 861. The van der Waals surface area contributed by atoms with Gasteiger partial charge in [0.1, 0.15) is 18.8 Å². The fraction of sp³-hybridized carbons (Fsp3) is 0.318. The molecule has 30 heavy (non-hydrogen) atoms. The molecule has 2 rings (SSSR count). The van der Waals surface area contributed by atoms with E-state index in [0.717, 1.165) is 10.0 Å². The molecule has 0 saturated carbocycles. The van der Waals surface area contributed by atoms with Gasteiger partial charge in [-0.1, -0.05) is 46.3 Å². The number of esters is 2. The number of amides is 1. The summed E-state index contributed by atoms with van der Waals surface area (Å²) in [7, 11) is 0. The van der Waals surface area contributed by atoms with Gasteiger partial charge < -0.3 is 19.5 Å². The second-order valence-electron chi connectivity index (χ2n) is 7.40. The van der Waals surface area contributed by atoms with Crippen molar-refractivity contribution in [1.82, 2.24) is 5.32 Å². The molecule has 0 bridgehead atoms. The zero-order valence-corrected chi connectivity index (χ0v) is 18.6. The van der Waals surface area contributed by atoms with Crippen LogP contribution in [-0.2, 0) is 25.6 Å². The largest absolute Gasteiger partial charge is 0.459 e. The average Bonchev–Trinajstić information content (AvgIpc) is 2.69. The van der Waals surface area contributed by atoms with E-state index in [9.17, 15) is 14.4 Å². The Morgan fingerprint density at radius 1 is 0.967 bits per heavy atom. The number of alkyl carbamates (subject to hydrolysis) is 1. The molecule has 0 aliphatic heterocycles. The van der Waals surface area contributed by atoms with Crippen LogP contribution in [0.4, 0.5) is 4.79 Å². The molecule has 0 spiro atoms. The second kappa shape index (κ2) is 10.8. The van der Waals surface area contributed by atoms with Crippen LogP contribution in [0.2, 0.25) is 0 Å². The van der Waals surface area contributed by atoms with Gasteiger partial charge in [0.05, 0.1) is 5.56 Å². The molecule has 0 aliphatic rings. The fourth-order valence-corrected chi connectivity index (χ4v) is 2.54. The molecule has 2 aromatic carbocycles. The Morgan fingerprint density at radius 2 is 1.60 bits per heavy atom. The van der Waals surface area contributed by atoms with Gasteiger partial charge in [-0.3, -0.25) is 0 Å². The summed E-state index contributed by atoms with van der Waals surface area (Å²) in [6, 6.07) is 14.4. The van der Waals surface area contributed by atoms with Gasteiger partial charge in [0, 0.05) is 4.47 Å². The first-order valence-corrected chi connectivity index (χ1v) is 10.1. The number of nitrogens with one attached hydrogen (secondary N) is 1. The summed E-state index contributed by atoms with van der Waals surface area (Å²) in [5, 5.41) is 2.41. The van der Waals surface area contributed by atoms with Gasteiger partial charge in [-0.25, -0.2) is 14.4 Å². The minimum Gasteiger partial charge on any atom is -0.459 e. The minimum atomic E-state index is -1.22. The third-order valence-electron chi connectivity index (χ3n) is 3.66. The highest BCUT2D eigenvalue weighted by atomic mass is 79.9. The number of benzene rings is 2. The van der Waals surface area contributed by atoms with Crippen molar-refractivity contribution in [1.29, 1.82) is 0 Å². The van der Waals surface area contributed by atoms with Crippen LogP contribution < -0.4 is 5.32 Å². The maximum atomic E-state index is 12.5. The van der Waals surface area contributed by atoms with E-state index in [1.54, 1.807) is 57.2 Å². The lowest BCUT2D eigenvalue weighted by atomic mass is 10.2. The van der Waals surface area contributed by atoms with Crippen molar-refractivity contribution >= 4 is 34.0 Å². The minimum absolute atomic E-state index is 0.0207. The number of ether oxygens (including phenoxy) is 3. The van der Waals surface area contributed by atoms with E-state index in [-0.39, 0.29) is 6.61 Å². The predicted octanol–water partition coefficient (Wildman–Crippen LogP) is 4.24. The number of hydrogen-bond acceptors (Lipinski definition) is 6. The maximum absolute atomic E-state index is 12.5. The van der Waals surface area contributed by atoms with Crippen LogP contribution >= 0.6 is 15.9 Å². The van der Waals surface area contributed by atoms with Gasteiger partial charge in [-0.05, 0) is 50.6 Å². The number of carbonyl (C=O) groups is 3. The third kappa shape index (κ3) is 8.24. The SMILES string of the molecule is CC(C)(C)OC(=O)NC(COC(=O)c1ccc(Br)cc1)C(=O)OCc1ccccc1. The first kappa shape index (κ1) is 23.4. The van der Waals surface area contributed by atoms with Crippen LogP contribution in [0.1, 0.15) is 36.7 Å². The molecule has 160 valence electrons. The van der Waals surface area contributed by atoms with Gasteiger partial charge >= 0.3 is 18.0 Å². The van der Waals surface area contributed by atoms with E-state index >= 15 is 0 Å². The monoisotopic (exact) mass is 477 g/mol. The summed E-state index contributed by atoms with van der Waals surface area (Å²) < 4.78 is 16.5. The van der Waals surface area contributed by atoms with Crippen LogP contribution in [-0.4, -0.2) is 36.3 Å². The molecule has 1 N–H and O–H groups in total. The highest BCUT2D eigenvalue weighted by molar-refractivity contribution is 9.10. The number of hydrogen-bond donors (Lipinski definition) is 1. The lowest BCUT2D eigenvalue weighted by Crippen LogP contribution is -2.47. The quantitative estimate of drug-likeness (QED) is 0.473. The molecule has 0 radical (unpaired) electrons. The molecule has 2 aromatic rings. The topological polar surface area (TPSA) is 90.9 Å². The third-order valence-corrected chi connectivity index (χ3v) is 4.19. The first-order chi connectivity index (χ1) is 14.1. The Kier molecular flexibility index (Phi) is 8.41. The van der Waals surface area contributed by atoms with Crippen molar-refractivity contribution < 1.29 is 28.6 Å². The van der Waals surface area contributed by atoms with Crippen molar-refractivity contribution in [2.45, 2.75) is 39.0 Å². The van der Waals surface area contributed by atoms with Gasteiger partial charge in [-0.15, -0.1) is 0 Å². The molecule has 7 nitrogen and oxygen atoms in total. The lowest BCUT2D eigenvalue weighted by molar-refractivity contribution is -0.148. The molecular weight excluding hydrogens is 454 g/mol. The zero-order valence-electron chi connectivity index (χ0n) is 17.0. The predicted molar refractivity (Wildman–Crippen MR) is 114 cm³/mol. The van der Waals surface area contributed by atoms with E-state index < -0.39 is 36.3 Å². The smallest absolute Gasteiger partial charge is 0.408 e. The molecule has 0 saturated heterocycles. The van der Waals surface area contributed by atoms with Gasteiger partial charge in [0.15, 0.2) is 6.04 Å². The molecule has 0 aromatic heterocycles. The van der Waals surface area contributed by atoms with Gasteiger partial charge in [-0.2, -0.15) is 0 Å². The molecule has 1 amide bonds. The second-order valence-corrected chi connectivity index (χ2v) is 8.31. The standard InChI is InChI=1S/C22H24BrNO6/c1-22(2,3)30-21(27)24-18(20(26)28-13-15-7-5-4-6-8-15)14-29-19(25)16-9-11-17(23)12-10-16/h4-12,18H,13-14H2,1-3H3,(H,24,27). The van der Waals surface area contributed by atoms with Crippen LogP contribution in [0.15, 0.2) is 59.1 Å². The molecule has 8 heteroatoms. The van der Waals surface area contributed by atoms with E-state index in [0.29, 0.717) is 5.56 Å². The summed E-state index contributed by atoms with van der Waals surface area (Å²) in [5.74, 6) is -1.37. The van der Waals surface area contributed by atoms with Crippen LogP contribution in [0.5, 0.6) is 0 Å². The van der Waals surface area contributed by atoms with Gasteiger partial charge in [0.25, 0.3) is 0 Å². The van der Waals surface area contributed by atoms with Crippen LogP contribution in [0.3, 0.4) is 0 Å². The maximum Gasteiger partial charge on any atom is 0.408 e. The number of halogens is 1. The van der Waals surface area contributed by atoms with Crippen molar-refractivity contribution in [2.24, 2.45) is 0 Å². The normalized spacial score (nSPS) is 11.9. The summed E-state index contributed by atoms with van der Waals surface area (Å²) in [6.07, 6.45) is -0.816. The highest BCUT2D eigenvalue weighted by Gasteiger charge is 2.27. The van der Waals surface area contributed by atoms with Crippen molar-refractivity contribution in [3.8, 4) is 0 Å². The fourth-order valence-electron chi connectivity index (χ4n) is 2.28. The van der Waals surface area contributed by atoms with Crippen LogP contribution in [0.25, 0.3) is 0 Å². The summed E-state index contributed by atoms with van der Waals surface area (Å²) in [4.78, 5) is 36.9. The molecule has 0 heterocycles. The molecule has 0 fully saturated rings. The number of rotatable bonds is 7. The van der Waals surface area contributed by atoms with E-state index in [4.69, 9.17) is 14.2 Å². The van der Waals surface area contributed by atoms with Crippen molar-refractivity contribution in [3.05, 3.63) is 70.2 Å². The Balaban J connectivity index is 2.01. The molecule has 0 aliphatic carbocycles. The first-order valence-electron chi connectivity index (χ1n) is 9.27. The zero-order chi connectivity index (χ0) is 22.1. The Labute approximate surface area is 183 Å².